The standard InChI is InChI=1S/C20H25N3O4/c1-4-26-16-11-8-14(12-17(16)27-5-2)20(3,19(24)25)23-15-9-6-13(7-10-15)18(21)22/h6-12,23H,4-5H2,1-3H3,(H3,21,22)(H,24,25). The second-order valence-electron chi connectivity index (χ2n) is 6.07. The van der Waals surface area contributed by atoms with E-state index in [-0.39, 0.29) is 5.84 Å². The van der Waals surface area contributed by atoms with Gasteiger partial charge in [-0.3, -0.25) is 5.41 Å². The van der Waals surface area contributed by atoms with Gasteiger partial charge in [0, 0.05) is 11.3 Å². The predicted octanol–water partition coefficient (Wildman–Crippen LogP) is 3.18. The number of hydrogen-bond donors (Lipinski definition) is 4. The molecule has 7 heteroatoms. The van der Waals surface area contributed by atoms with Gasteiger partial charge in [0.2, 0.25) is 0 Å². The molecule has 0 heterocycles. The second-order valence-corrected chi connectivity index (χ2v) is 6.07. The molecular formula is C20H25N3O4. The number of benzene rings is 2. The van der Waals surface area contributed by atoms with Crippen LogP contribution in [0.3, 0.4) is 0 Å². The normalized spacial score (nSPS) is 12.7. The van der Waals surface area contributed by atoms with Crippen molar-refractivity contribution in [1.82, 2.24) is 0 Å². The first kappa shape index (κ1) is 20.1. The van der Waals surface area contributed by atoms with Crippen LogP contribution in [-0.2, 0) is 10.3 Å². The molecule has 0 radical (unpaired) electrons. The SMILES string of the molecule is CCOc1ccc(C(C)(Nc2ccc(C(=N)N)cc2)C(=O)O)cc1OCC. The van der Waals surface area contributed by atoms with E-state index in [1.807, 2.05) is 13.8 Å². The third-order valence-corrected chi connectivity index (χ3v) is 4.14. The molecule has 0 fully saturated rings. The molecule has 0 aliphatic carbocycles. The minimum atomic E-state index is -1.39. The molecule has 0 bridgehead atoms. The second kappa shape index (κ2) is 8.44. The van der Waals surface area contributed by atoms with E-state index in [4.69, 9.17) is 20.6 Å². The number of anilines is 1. The van der Waals surface area contributed by atoms with Crippen molar-refractivity contribution in [3.05, 3.63) is 53.6 Å². The van der Waals surface area contributed by atoms with Crippen LogP contribution in [0.15, 0.2) is 42.5 Å². The molecule has 0 aliphatic rings. The maximum Gasteiger partial charge on any atom is 0.333 e. The van der Waals surface area contributed by atoms with Gasteiger partial charge in [-0.2, -0.15) is 0 Å². The average Bonchev–Trinajstić information content (AvgIpc) is 2.63. The Hall–Kier alpha value is -3.22. The van der Waals surface area contributed by atoms with Crippen molar-refractivity contribution >= 4 is 17.5 Å². The van der Waals surface area contributed by atoms with Crippen LogP contribution in [0.1, 0.15) is 31.9 Å². The zero-order chi connectivity index (χ0) is 20.0. The molecule has 2 aromatic carbocycles. The molecule has 27 heavy (non-hydrogen) atoms. The van der Waals surface area contributed by atoms with Gasteiger partial charge in [-0.05, 0) is 62.7 Å². The van der Waals surface area contributed by atoms with Gasteiger partial charge in [0.25, 0.3) is 0 Å². The fraction of sp³-hybridized carbons (Fsp3) is 0.300. The Morgan fingerprint density at radius 1 is 1.11 bits per heavy atom. The number of hydrogen-bond acceptors (Lipinski definition) is 5. The lowest BCUT2D eigenvalue weighted by atomic mass is 9.91. The van der Waals surface area contributed by atoms with E-state index >= 15 is 0 Å². The highest BCUT2D eigenvalue weighted by Gasteiger charge is 2.36. The summed E-state index contributed by atoms with van der Waals surface area (Å²) < 4.78 is 11.2. The van der Waals surface area contributed by atoms with Gasteiger partial charge in [-0.1, -0.05) is 6.07 Å². The average molecular weight is 371 g/mol. The molecule has 1 unspecified atom stereocenters. The molecule has 0 saturated carbocycles. The first-order valence-electron chi connectivity index (χ1n) is 8.68. The molecule has 7 nitrogen and oxygen atoms in total. The highest BCUT2D eigenvalue weighted by molar-refractivity contribution is 5.95. The van der Waals surface area contributed by atoms with Gasteiger partial charge in [0.05, 0.1) is 13.2 Å². The zero-order valence-electron chi connectivity index (χ0n) is 15.7. The fourth-order valence-electron chi connectivity index (χ4n) is 2.63. The van der Waals surface area contributed by atoms with Crippen molar-refractivity contribution in [2.45, 2.75) is 26.3 Å². The van der Waals surface area contributed by atoms with Crippen LogP contribution in [-0.4, -0.2) is 30.1 Å². The summed E-state index contributed by atoms with van der Waals surface area (Å²) in [6, 6.07) is 11.8. The number of nitrogen functional groups attached to an aromatic ring is 1. The van der Waals surface area contributed by atoms with Crippen LogP contribution >= 0.6 is 0 Å². The van der Waals surface area contributed by atoms with Crippen molar-refractivity contribution in [3.8, 4) is 11.5 Å². The third kappa shape index (κ3) is 4.49. The highest BCUT2D eigenvalue weighted by atomic mass is 16.5. The molecule has 0 saturated heterocycles. The molecule has 0 aromatic heterocycles. The molecule has 144 valence electrons. The van der Waals surface area contributed by atoms with Gasteiger partial charge < -0.3 is 25.6 Å². The van der Waals surface area contributed by atoms with E-state index in [9.17, 15) is 9.90 Å². The number of rotatable bonds is 9. The van der Waals surface area contributed by atoms with Crippen LogP contribution in [0.2, 0.25) is 0 Å². The van der Waals surface area contributed by atoms with E-state index in [1.165, 1.54) is 0 Å². The van der Waals surface area contributed by atoms with Crippen LogP contribution < -0.4 is 20.5 Å². The van der Waals surface area contributed by atoms with Gasteiger partial charge in [0.15, 0.2) is 17.0 Å². The smallest absolute Gasteiger partial charge is 0.333 e. The van der Waals surface area contributed by atoms with Crippen molar-refractivity contribution < 1.29 is 19.4 Å². The molecule has 2 aromatic rings. The third-order valence-electron chi connectivity index (χ3n) is 4.14. The van der Waals surface area contributed by atoms with Gasteiger partial charge in [-0.25, -0.2) is 4.79 Å². The number of carboxylic acid groups (broad SMARTS) is 1. The lowest BCUT2D eigenvalue weighted by Gasteiger charge is -2.29. The van der Waals surface area contributed by atoms with Crippen LogP contribution in [0.25, 0.3) is 0 Å². The number of carbonyl (C=O) groups is 1. The Morgan fingerprint density at radius 2 is 1.70 bits per heavy atom. The summed E-state index contributed by atoms with van der Waals surface area (Å²) in [4.78, 5) is 12.1. The molecular weight excluding hydrogens is 346 g/mol. The van der Waals surface area contributed by atoms with Gasteiger partial charge in [0.1, 0.15) is 5.84 Å². The number of carboxylic acids is 1. The summed E-state index contributed by atoms with van der Waals surface area (Å²) in [6.07, 6.45) is 0. The Morgan fingerprint density at radius 3 is 2.22 bits per heavy atom. The summed E-state index contributed by atoms with van der Waals surface area (Å²) in [6.45, 7) is 6.23. The number of nitrogens with two attached hydrogens (primary N) is 1. The molecule has 5 N–H and O–H groups in total. The fourth-order valence-corrected chi connectivity index (χ4v) is 2.63. The number of aliphatic carboxylic acids is 1. The van der Waals surface area contributed by atoms with E-state index in [2.05, 4.69) is 5.32 Å². The minimum Gasteiger partial charge on any atom is -0.490 e. The van der Waals surface area contributed by atoms with Crippen LogP contribution in [0.4, 0.5) is 5.69 Å². The minimum absolute atomic E-state index is 0.0459. The Kier molecular flexibility index (Phi) is 6.28. The van der Waals surface area contributed by atoms with E-state index < -0.39 is 11.5 Å². The Labute approximate surface area is 158 Å². The maximum absolute atomic E-state index is 12.1. The summed E-state index contributed by atoms with van der Waals surface area (Å²) in [5, 5.41) is 20.4. The maximum atomic E-state index is 12.1. The lowest BCUT2D eigenvalue weighted by molar-refractivity contribution is -0.142. The topological polar surface area (TPSA) is 118 Å². The monoisotopic (exact) mass is 371 g/mol. The number of nitrogens with one attached hydrogen (secondary N) is 2. The van der Waals surface area contributed by atoms with E-state index in [0.717, 1.165) is 0 Å². The van der Waals surface area contributed by atoms with Crippen molar-refractivity contribution in [2.24, 2.45) is 5.73 Å². The van der Waals surface area contributed by atoms with Crippen LogP contribution in [0.5, 0.6) is 11.5 Å². The first-order chi connectivity index (χ1) is 12.8. The summed E-state index contributed by atoms with van der Waals surface area (Å²) in [7, 11) is 0. The summed E-state index contributed by atoms with van der Waals surface area (Å²) in [5.74, 6) is -0.0140. The molecule has 1 atom stereocenters. The Bertz CT molecular complexity index is 820. The van der Waals surface area contributed by atoms with E-state index in [1.54, 1.807) is 49.4 Å². The number of ether oxygens (including phenoxy) is 2. The van der Waals surface area contributed by atoms with E-state index in [0.29, 0.717) is 41.5 Å². The quantitative estimate of drug-likeness (QED) is 0.397. The Balaban J connectivity index is 2.41. The molecule has 2 rings (SSSR count). The largest absolute Gasteiger partial charge is 0.490 e. The van der Waals surface area contributed by atoms with Crippen LogP contribution in [0, 0.1) is 5.41 Å². The predicted molar refractivity (Wildman–Crippen MR) is 105 cm³/mol. The molecule has 0 amide bonds. The summed E-state index contributed by atoms with van der Waals surface area (Å²) in [5.41, 5.74) is 5.75. The van der Waals surface area contributed by atoms with Crippen molar-refractivity contribution in [1.29, 1.82) is 5.41 Å². The van der Waals surface area contributed by atoms with Gasteiger partial charge in [-0.15, -0.1) is 0 Å². The first-order valence-corrected chi connectivity index (χ1v) is 8.68. The lowest BCUT2D eigenvalue weighted by Crippen LogP contribution is -2.40. The zero-order valence-corrected chi connectivity index (χ0v) is 15.7. The van der Waals surface area contributed by atoms with Gasteiger partial charge >= 0.3 is 5.97 Å². The summed E-state index contributed by atoms with van der Waals surface area (Å²) >= 11 is 0. The number of amidine groups is 1. The molecule has 0 spiro atoms. The van der Waals surface area contributed by atoms with Crippen molar-refractivity contribution in [3.63, 3.8) is 0 Å². The molecule has 0 aliphatic heterocycles. The highest BCUT2D eigenvalue weighted by Crippen LogP contribution is 2.35. The van der Waals surface area contributed by atoms with Crippen molar-refractivity contribution in [2.75, 3.05) is 18.5 Å².